The zero-order valence-electron chi connectivity index (χ0n) is 10.7. The van der Waals surface area contributed by atoms with Gasteiger partial charge in [0, 0.05) is 0 Å². The number of rotatable bonds is 3. The van der Waals surface area contributed by atoms with E-state index in [1.54, 1.807) is 0 Å². The molecule has 0 radical (unpaired) electrons. The molecule has 0 aliphatic carbocycles. The van der Waals surface area contributed by atoms with E-state index >= 15 is 0 Å². The number of hydrogen-bond acceptors (Lipinski definition) is 2. The van der Waals surface area contributed by atoms with E-state index in [-0.39, 0.29) is 11.3 Å². The molecular formula is C13H22N2. The molecule has 0 bridgehead atoms. The summed E-state index contributed by atoms with van der Waals surface area (Å²) in [4.78, 5) is 0. The highest BCUT2D eigenvalue weighted by molar-refractivity contribution is 5.05. The smallest absolute Gasteiger partial charge is 0.136 e. The van der Waals surface area contributed by atoms with Crippen molar-refractivity contribution in [3.63, 3.8) is 0 Å². The summed E-state index contributed by atoms with van der Waals surface area (Å²) in [6, 6.07) is 4.25. The third kappa shape index (κ3) is 3.56. The maximum Gasteiger partial charge on any atom is 0.136 e. The van der Waals surface area contributed by atoms with Crippen LogP contribution in [0, 0.1) is 51.7 Å². The first-order valence-electron chi connectivity index (χ1n) is 5.55. The molecule has 0 amide bonds. The van der Waals surface area contributed by atoms with E-state index in [2.05, 4.69) is 53.7 Å². The summed E-state index contributed by atoms with van der Waals surface area (Å²) in [5, 5.41) is 18.0. The SMILES string of the molecule is CC(C)[C@H](C(C#N)C#N)[C@H](C)C(C)(C)C. The summed E-state index contributed by atoms with van der Waals surface area (Å²) in [6.07, 6.45) is 0. The molecule has 0 fully saturated rings. The molecule has 15 heavy (non-hydrogen) atoms. The first kappa shape index (κ1) is 14.0. The van der Waals surface area contributed by atoms with Crippen molar-refractivity contribution >= 4 is 0 Å². The predicted molar refractivity (Wildman–Crippen MR) is 61.7 cm³/mol. The van der Waals surface area contributed by atoms with Crippen LogP contribution in [0.1, 0.15) is 41.5 Å². The Labute approximate surface area is 93.9 Å². The lowest BCUT2D eigenvalue weighted by Crippen LogP contribution is -2.33. The molecule has 0 aromatic carbocycles. The third-order valence-corrected chi connectivity index (χ3v) is 3.38. The Balaban J connectivity index is 5.01. The average molecular weight is 206 g/mol. The van der Waals surface area contributed by atoms with E-state index in [1.165, 1.54) is 0 Å². The first-order chi connectivity index (χ1) is 6.75. The molecular weight excluding hydrogens is 184 g/mol. The largest absolute Gasteiger partial charge is 0.197 e. The molecule has 2 atom stereocenters. The summed E-state index contributed by atoms with van der Waals surface area (Å²) in [7, 11) is 0. The van der Waals surface area contributed by atoms with E-state index in [0.29, 0.717) is 11.8 Å². The lowest BCUT2D eigenvalue weighted by Gasteiger charge is -2.37. The van der Waals surface area contributed by atoms with Crippen LogP contribution in [-0.4, -0.2) is 0 Å². The fourth-order valence-corrected chi connectivity index (χ4v) is 2.03. The summed E-state index contributed by atoms with van der Waals surface area (Å²) in [5.74, 6) is 0.393. The molecule has 0 heterocycles. The maximum atomic E-state index is 8.99. The van der Waals surface area contributed by atoms with Crippen molar-refractivity contribution in [1.29, 1.82) is 10.5 Å². The fourth-order valence-electron chi connectivity index (χ4n) is 2.03. The van der Waals surface area contributed by atoms with Gasteiger partial charge in [-0.25, -0.2) is 0 Å². The van der Waals surface area contributed by atoms with Gasteiger partial charge in [-0.2, -0.15) is 10.5 Å². The molecule has 0 N–H and O–H groups in total. The van der Waals surface area contributed by atoms with Gasteiger partial charge in [0.15, 0.2) is 0 Å². The van der Waals surface area contributed by atoms with Crippen LogP contribution >= 0.6 is 0 Å². The van der Waals surface area contributed by atoms with Crippen molar-refractivity contribution in [2.24, 2.45) is 29.1 Å². The number of nitrogens with zero attached hydrogens (tertiary/aromatic N) is 2. The van der Waals surface area contributed by atoms with E-state index in [1.807, 2.05) is 0 Å². The van der Waals surface area contributed by atoms with Crippen LogP contribution in [0.5, 0.6) is 0 Å². The summed E-state index contributed by atoms with van der Waals surface area (Å²) >= 11 is 0. The molecule has 0 aliphatic heterocycles. The molecule has 0 aliphatic rings. The Hall–Kier alpha value is -1.02. The van der Waals surface area contributed by atoms with Crippen molar-refractivity contribution in [3.05, 3.63) is 0 Å². The van der Waals surface area contributed by atoms with Crippen molar-refractivity contribution in [2.75, 3.05) is 0 Å². The summed E-state index contributed by atoms with van der Waals surface area (Å²) in [6.45, 7) is 12.8. The molecule has 2 heteroatoms. The highest BCUT2D eigenvalue weighted by Gasteiger charge is 2.35. The molecule has 2 nitrogen and oxygen atoms in total. The van der Waals surface area contributed by atoms with Crippen molar-refractivity contribution in [1.82, 2.24) is 0 Å². The monoisotopic (exact) mass is 206 g/mol. The Morgan fingerprint density at radius 2 is 1.33 bits per heavy atom. The van der Waals surface area contributed by atoms with E-state index in [0.717, 1.165) is 0 Å². The highest BCUT2D eigenvalue weighted by Crippen LogP contribution is 2.39. The predicted octanol–water partition coefficient (Wildman–Crippen LogP) is 3.60. The minimum Gasteiger partial charge on any atom is -0.197 e. The minimum atomic E-state index is -0.487. The summed E-state index contributed by atoms with van der Waals surface area (Å²) < 4.78 is 0. The quantitative estimate of drug-likeness (QED) is 0.708. The molecule has 0 aromatic heterocycles. The zero-order valence-corrected chi connectivity index (χ0v) is 10.7. The molecule has 0 aromatic rings. The average Bonchev–Trinajstić information content (AvgIpc) is 2.10. The Kier molecular flexibility index (Phi) is 4.82. The van der Waals surface area contributed by atoms with Crippen LogP contribution in [0.2, 0.25) is 0 Å². The molecule has 0 saturated heterocycles. The van der Waals surface area contributed by atoms with E-state index < -0.39 is 5.92 Å². The van der Waals surface area contributed by atoms with Crippen LogP contribution < -0.4 is 0 Å². The van der Waals surface area contributed by atoms with Crippen LogP contribution in [0.15, 0.2) is 0 Å². The Morgan fingerprint density at radius 1 is 0.933 bits per heavy atom. The van der Waals surface area contributed by atoms with Crippen LogP contribution in [0.25, 0.3) is 0 Å². The third-order valence-electron chi connectivity index (χ3n) is 3.38. The maximum absolute atomic E-state index is 8.99. The lowest BCUT2D eigenvalue weighted by atomic mass is 9.66. The van der Waals surface area contributed by atoms with E-state index in [9.17, 15) is 0 Å². The second kappa shape index (κ2) is 5.17. The Bertz CT molecular complexity index is 258. The van der Waals surface area contributed by atoms with Gasteiger partial charge in [0.05, 0.1) is 12.1 Å². The van der Waals surface area contributed by atoms with Crippen LogP contribution in [0.3, 0.4) is 0 Å². The van der Waals surface area contributed by atoms with Gasteiger partial charge in [-0.3, -0.25) is 0 Å². The topological polar surface area (TPSA) is 47.6 Å². The van der Waals surface area contributed by atoms with Gasteiger partial charge in [-0.15, -0.1) is 0 Å². The van der Waals surface area contributed by atoms with Gasteiger partial charge >= 0.3 is 0 Å². The van der Waals surface area contributed by atoms with Gasteiger partial charge in [-0.05, 0) is 23.2 Å². The first-order valence-corrected chi connectivity index (χ1v) is 5.55. The van der Waals surface area contributed by atoms with Crippen molar-refractivity contribution < 1.29 is 0 Å². The summed E-state index contributed by atoms with van der Waals surface area (Å²) in [5.41, 5.74) is 0.140. The van der Waals surface area contributed by atoms with Gasteiger partial charge in [0.2, 0.25) is 0 Å². The molecule has 84 valence electrons. The number of hydrogen-bond donors (Lipinski definition) is 0. The van der Waals surface area contributed by atoms with Crippen LogP contribution in [0.4, 0.5) is 0 Å². The minimum absolute atomic E-state index is 0.140. The van der Waals surface area contributed by atoms with Crippen molar-refractivity contribution in [3.8, 4) is 12.1 Å². The second-order valence-electron chi connectivity index (χ2n) is 5.71. The molecule has 0 unspecified atom stereocenters. The van der Waals surface area contributed by atoms with Gasteiger partial charge in [0.25, 0.3) is 0 Å². The van der Waals surface area contributed by atoms with Gasteiger partial charge in [-0.1, -0.05) is 41.5 Å². The fraction of sp³-hybridized carbons (Fsp3) is 0.846. The lowest BCUT2D eigenvalue weighted by molar-refractivity contribution is 0.122. The van der Waals surface area contributed by atoms with E-state index in [4.69, 9.17) is 10.5 Å². The molecule has 0 saturated carbocycles. The normalized spacial score (nSPS) is 15.9. The second-order valence-corrected chi connectivity index (χ2v) is 5.71. The van der Waals surface area contributed by atoms with Crippen molar-refractivity contribution in [2.45, 2.75) is 41.5 Å². The Morgan fingerprint density at radius 3 is 1.53 bits per heavy atom. The van der Waals surface area contributed by atoms with Gasteiger partial charge in [0.1, 0.15) is 5.92 Å². The molecule has 0 spiro atoms. The highest BCUT2D eigenvalue weighted by atomic mass is 14.4. The number of nitriles is 2. The van der Waals surface area contributed by atoms with Crippen LogP contribution in [-0.2, 0) is 0 Å². The molecule has 0 rings (SSSR count). The standard InChI is InChI=1S/C13H22N2/c1-9(2)12(11(7-14)8-15)10(3)13(4,5)6/h9-12H,1-6H3/t10-,12-/m0/s1. The zero-order chi connectivity index (χ0) is 12.2. The van der Waals surface area contributed by atoms with Gasteiger partial charge < -0.3 is 0 Å².